The summed E-state index contributed by atoms with van der Waals surface area (Å²) in [4.78, 5) is 11.8. The van der Waals surface area contributed by atoms with E-state index in [9.17, 15) is 17.6 Å². The first-order valence-corrected chi connectivity index (χ1v) is 8.08. The van der Waals surface area contributed by atoms with Gasteiger partial charge >= 0.3 is 0 Å². The van der Waals surface area contributed by atoms with E-state index in [-0.39, 0.29) is 18.0 Å². The van der Waals surface area contributed by atoms with Crippen molar-refractivity contribution >= 4 is 21.6 Å². The molecule has 0 saturated heterocycles. The number of carbonyl (C=O) groups is 1. The predicted octanol–water partition coefficient (Wildman–Crippen LogP) is 1.90. The molecule has 1 amide bonds. The minimum absolute atomic E-state index is 0.192. The van der Waals surface area contributed by atoms with E-state index in [4.69, 9.17) is 0 Å². The quantitative estimate of drug-likeness (QED) is 0.880. The summed E-state index contributed by atoms with van der Waals surface area (Å²) in [5, 5.41) is 7.43. The van der Waals surface area contributed by atoms with Crippen molar-refractivity contribution in [2.45, 2.75) is 6.42 Å². The monoisotopic (exact) mass is 323 g/mol. The lowest BCUT2D eigenvalue weighted by Crippen LogP contribution is -2.18. The Morgan fingerprint density at radius 1 is 1.32 bits per heavy atom. The Labute approximate surface area is 127 Å². The van der Waals surface area contributed by atoms with Crippen LogP contribution in [0.2, 0.25) is 0 Å². The molecule has 0 aliphatic rings. The van der Waals surface area contributed by atoms with E-state index in [1.165, 1.54) is 35.1 Å². The average Bonchev–Trinajstić information content (AvgIpc) is 2.94. The molecule has 0 saturated carbocycles. The molecule has 0 aliphatic heterocycles. The van der Waals surface area contributed by atoms with Crippen LogP contribution in [-0.4, -0.2) is 29.9 Å². The van der Waals surface area contributed by atoms with E-state index in [0.29, 0.717) is 11.5 Å². The largest absolute Gasteiger partial charge is 0.311 e. The highest BCUT2D eigenvalue weighted by atomic mass is 32.2. The second kappa shape index (κ2) is 6.52. The first kappa shape index (κ1) is 15.9. The Morgan fingerprint density at radius 2 is 2.00 bits per heavy atom. The molecule has 0 fully saturated rings. The van der Waals surface area contributed by atoms with Crippen LogP contribution in [0.4, 0.5) is 10.2 Å². The number of nitrogens with zero attached hydrogens (tertiary/aromatic N) is 2. The highest BCUT2D eigenvalue weighted by Gasteiger charge is 2.12. The summed E-state index contributed by atoms with van der Waals surface area (Å²) in [5.74, 6) is -0.787. The highest BCUT2D eigenvalue weighted by molar-refractivity contribution is 7.94. The molecule has 1 N–H and O–H groups in total. The lowest BCUT2D eigenvalue weighted by atomic mass is 10.3. The van der Waals surface area contributed by atoms with Gasteiger partial charge in [0.25, 0.3) is 0 Å². The summed E-state index contributed by atoms with van der Waals surface area (Å²) >= 11 is 0. The van der Waals surface area contributed by atoms with Crippen LogP contribution in [0.1, 0.15) is 6.42 Å². The Morgan fingerprint density at radius 3 is 2.64 bits per heavy atom. The van der Waals surface area contributed by atoms with Crippen molar-refractivity contribution in [1.29, 1.82) is 0 Å². The van der Waals surface area contributed by atoms with Gasteiger partial charge in [-0.15, -0.1) is 0 Å². The molecular formula is C14H14FN3O3S. The van der Waals surface area contributed by atoms with Crippen molar-refractivity contribution in [2.24, 2.45) is 0 Å². The number of benzene rings is 1. The number of nitrogens with one attached hydrogen (secondary N) is 1. The standard InChI is InChI=1S/C14H14FN3O3S/c1-2-22(20,21)10-8-14(19)17-13-7-9-16-18(13)12-5-3-11(15)4-6-12/h2-7,9H,1,8,10H2,(H,17,19). The van der Waals surface area contributed by atoms with Crippen LogP contribution >= 0.6 is 0 Å². The summed E-state index contributed by atoms with van der Waals surface area (Å²) in [6.07, 6.45) is 1.28. The Bertz CT molecular complexity index is 782. The average molecular weight is 323 g/mol. The van der Waals surface area contributed by atoms with E-state index in [2.05, 4.69) is 17.0 Å². The summed E-state index contributed by atoms with van der Waals surface area (Å²) in [7, 11) is -3.42. The van der Waals surface area contributed by atoms with Crippen molar-refractivity contribution in [1.82, 2.24) is 9.78 Å². The van der Waals surface area contributed by atoms with Gasteiger partial charge in [-0.2, -0.15) is 5.10 Å². The fourth-order valence-electron chi connectivity index (χ4n) is 1.71. The van der Waals surface area contributed by atoms with Gasteiger partial charge in [0.05, 0.1) is 17.6 Å². The SMILES string of the molecule is C=CS(=O)(=O)CCC(=O)Nc1ccnn1-c1ccc(F)cc1. The zero-order chi connectivity index (χ0) is 16.2. The normalized spacial score (nSPS) is 11.1. The molecule has 22 heavy (non-hydrogen) atoms. The van der Waals surface area contributed by atoms with Gasteiger partial charge in [-0.25, -0.2) is 17.5 Å². The summed E-state index contributed by atoms with van der Waals surface area (Å²) in [6, 6.07) is 7.14. The Balaban J connectivity index is 2.08. The molecule has 1 aromatic carbocycles. The molecular weight excluding hydrogens is 309 g/mol. The van der Waals surface area contributed by atoms with Crippen molar-refractivity contribution in [3.05, 3.63) is 54.3 Å². The summed E-state index contributed by atoms with van der Waals surface area (Å²) in [6.45, 7) is 3.18. The number of sulfone groups is 1. The fourth-order valence-corrected chi connectivity index (χ4v) is 2.35. The molecule has 1 heterocycles. The maximum absolute atomic E-state index is 12.9. The minimum atomic E-state index is -3.42. The van der Waals surface area contributed by atoms with E-state index < -0.39 is 15.7 Å². The zero-order valence-electron chi connectivity index (χ0n) is 11.6. The van der Waals surface area contributed by atoms with Crippen LogP contribution in [0, 0.1) is 5.82 Å². The smallest absolute Gasteiger partial charge is 0.226 e. The van der Waals surface area contributed by atoms with Gasteiger partial charge in [-0.3, -0.25) is 4.79 Å². The van der Waals surface area contributed by atoms with Crippen LogP contribution in [0.25, 0.3) is 5.69 Å². The number of hydrogen-bond donors (Lipinski definition) is 1. The van der Waals surface area contributed by atoms with Crippen molar-refractivity contribution in [3.63, 3.8) is 0 Å². The van der Waals surface area contributed by atoms with Gasteiger partial charge in [0.2, 0.25) is 5.91 Å². The first-order valence-electron chi connectivity index (χ1n) is 6.36. The van der Waals surface area contributed by atoms with E-state index in [1.807, 2.05) is 0 Å². The highest BCUT2D eigenvalue weighted by Crippen LogP contribution is 2.15. The van der Waals surface area contributed by atoms with Gasteiger partial charge in [0.1, 0.15) is 11.6 Å². The third-order valence-electron chi connectivity index (χ3n) is 2.85. The molecule has 8 heteroatoms. The maximum Gasteiger partial charge on any atom is 0.226 e. The maximum atomic E-state index is 12.9. The first-order chi connectivity index (χ1) is 10.4. The topological polar surface area (TPSA) is 81.1 Å². The van der Waals surface area contributed by atoms with Crippen molar-refractivity contribution in [3.8, 4) is 5.69 Å². The summed E-state index contributed by atoms with van der Waals surface area (Å²) < 4.78 is 36.9. The molecule has 116 valence electrons. The van der Waals surface area contributed by atoms with Crippen molar-refractivity contribution < 1.29 is 17.6 Å². The molecule has 0 aliphatic carbocycles. The number of halogens is 1. The number of amides is 1. The Hall–Kier alpha value is -2.48. The molecule has 0 atom stereocenters. The fraction of sp³-hybridized carbons (Fsp3) is 0.143. The third-order valence-corrected chi connectivity index (χ3v) is 4.13. The van der Waals surface area contributed by atoms with E-state index in [1.54, 1.807) is 6.07 Å². The molecule has 6 nitrogen and oxygen atoms in total. The van der Waals surface area contributed by atoms with Crippen LogP contribution < -0.4 is 5.32 Å². The number of rotatable bonds is 6. The lowest BCUT2D eigenvalue weighted by molar-refractivity contribution is -0.115. The molecule has 2 rings (SSSR count). The van der Waals surface area contributed by atoms with Gasteiger partial charge in [0, 0.05) is 17.9 Å². The predicted molar refractivity (Wildman–Crippen MR) is 80.8 cm³/mol. The van der Waals surface area contributed by atoms with Crippen LogP contribution in [0.5, 0.6) is 0 Å². The van der Waals surface area contributed by atoms with Gasteiger partial charge < -0.3 is 5.32 Å². The lowest BCUT2D eigenvalue weighted by Gasteiger charge is -2.08. The number of hydrogen-bond acceptors (Lipinski definition) is 4. The molecule has 0 spiro atoms. The van der Waals surface area contributed by atoms with Crippen LogP contribution in [0.15, 0.2) is 48.5 Å². The molecule has 2 aromatic rings. The zero-order valence-corrected chi connectivity index (χ0v) is 12.4. The molecule has 0 bridgehead atoms. The second-order valence-electron chi connectivity index (χ2n) is 4.44. The number of carbonyl (C=O) groups excluding carboxylic acids is 1. The van der Waals surface area contributed by atoms with E-state index in [0.717, 1.165) is 5.41 Å². The second-order valence-corrected chi connectivity index (χ2v) is 6.50. The molecule has 1 aromatic heterocycles. The minimum Gasteiger partial charge on any atom is -0.311 e. The third kappa shape index (κ3) is 4.01. The van der Waals surface area contributed by atoms with Crippen molar-refractivity contribution in [2.75, 3.05) is 11.1 Å². The Kier molecular flexibility index (Phi) is 4.71. The van der Waals surface area contributed by atoms with Crippen LogP contribution in [0.3, 0.4) is 0 Å². The number of aromatic nitrogens is 2. The van der Waals surface area contributed by atoms with Gasteiger partial charge in [-0.1, -0.05) is 6.58 Å². The molecule has 0 radical (unpaired) electrons. The van der Waals surface area contributed by atoms with Gasteiger partial charge in [0.15, 0.2) is 9.84 Å². The molecule has 0 unspecified atom stereocenters. The summed E-state index contributed by atoms with van der Waals surface area (Å²) in [5.41, 5.74) is 0.570. The van der Waals surface area contributed by atoms with Crippen LogP contribution in [-0.2, 0) is 14.6 Å². The van der Waals surface area contributed by atoms with E-state index >= 15 is 0 Å². The van der Waals surface area contributed by atoms with Gasteiger partial charge in [-0.05, 0) is 24.3 Å². The number of anilines is 1.